The normalized spacial score (nSPS) is 17.6. The van der Waals surface area contributed by atoms with E-state index in [1.807, 2.05) is 6.20 Å². The molecule has 3 N–H and O–H groups in total. The van der Waals surface area contributed by atoms with Crippen molar-refractivity contribution in [3.63, 3.8) is 0 Å². The molecule has 1 aromatic heterocycles. The molecule has 1 saturated carbocycles. The van der Waals surface area contributed by atoms with Crippen LogP contribution in [0.1, 0.15) is 24.4 Å². The topological polar surface area (TPSA) is 60.4 Å². The fourth-order valence-electron chi connectivity index (χ4n) is 1.86. The average Bonchev–Trinajstić information content (AvgIpc) is 3.03. The number of aromatic nitrogens is 1. The molecular formula is C12H20N2O2. The first-order valence-electron chi connectivity index (χ1n) is 5.91. The van der Waals surface area contributed by atoms with Crippen molar-refractivity contribution in [1.82, 2.24) is 4.57 Å². The average molecular weight is 224 g/mol. The first-order chi connectivity index (χ1) is 7.81. The molecule has 1 aromatic rings. The number of nitrogens with two attached hydrogens (primary N) is 1. The van der Waals surface area contributed by atoms with Gasteiger partial charge in [0, 0.05) is 25.0 Å². The van der Waals surface area contributed by atoms with Crippen molar-refractivity contribution < 1.29 is 9.84 Å². The lowest BCUT2D eigenvalue weighted by atomic mass is 10.1. The third-order valence-corrected chi connectivity index (χ3v) is 3.02. The molecular weight excluding hydrogens is 204 g/mol. The SMILES string of the molecule is NC(c1ccn(CCOCCO)c1)C1CC1. The highest BCUT2D eigenvalue weighted by Crippen LogP contribution is 2.39. The van der Waals surface area contributed by atoms with Crippen LogP contribution in [0.15, 0.2) is 18.5 Å². The van der Waals surface area contributed by atoms with Gasteiger partial charge in [0.1, 0.15) is 0 Å². The van der Waals surface area contributed by atoms with E-state index < -0.39 is 0 Å². The van der Waals surface area contributed by atoms with E-state index >= 15 is 0 Å². The van der Waals surface area contributed by atoms with Crippen LogP contribution >= 0.6 is 0 Å². The Morgan fingerprint density at radius 1 is 1.50 bits per heavy atom. The van der Waals surface area contributed by atoms with Crippen molar-refractivity contribution >= 4 is 0 Å². The fourth-order valence-corrected chi connectivity index (χ4v) is 1.86. The Bertz CT molecular complexity index is 321. The molecule has 1 aliphatic rings. The summed E-state index contributed by atoms with van der Waals surface area (Å²) in [5.74, 6) is 0.696. The number of nitrogens with zero attached hydrogens (tertiary/aromatic N) is 1. The van der Waals surface area contributed by atoms with Crippen molar-refractivity contribution in [2.24, 2.45) is 11.7 Å². The predicted octanol–water partition coefficient (Wildman–Crippen LogP) is 0.907. The van der Waals surface area contributed by atoms with Gasteiger partial charge in [0.05, 0.1) is 19.8 Å². The number of aliphatic hydroxyl groups excluding tert-OH is 1. The van der Waals surface area contributed by atoms with Crippen LogP contribution in [0.2, 0.25) is 0 Å². The van der Waals surface area contributed by atoms with Crippen molar-refractivity contribution in [3.8, 4) is 0 Å². The van der Waals surface area contributed by atoms with Crippen LogP contribution < -0.4 is 5.73 Å². The van der Waals surface area contributed by atoms with Gasteiger partial charge in [-0.05, 0) is 30.4 Å². The van der Waals surface area contributed by atoms with Crippen LogP contribution in [-0.4, -0.2) is 29.5 Å². The Morgan fingerprint density at radius 3 is 3.00 bits per heavy atom. The zero-order valence-electron chi connectivity index (χ0n) is 9.51. The molecule has 0 bridgehead atoms. The van der Waals surface area contributed by atoms with E-state index in [1.54, 1.807) is 0 Å². The van der Waals surface area contributed by atoms with Crippen molar-refractivity contribution in [1.29, 1.82) is 0 Å². The first-order valence-corrected chi connectivity index (χ1v) is 5.91. The maximum atomic E-state index is 8.56. The third kappa shape index (κ3) is 3.07. The minimum Gasteiger partial charge on any atom is -0.394 e. The summed E-state index contributed by atoms with van der Waals surface area (Å²) >= 11 is 0. The number of hydrogen-bond acceptors (Lipinski definition) is 3. The van der Waals surface area contributed by atoms with Crippen LogP contribution in [0.25, 0.3) is 0 Å². The van der Waals surface area contributed by atoms with Crippen molar-refractivity contribution in [2.75, 3.05) is 19.8 Å². The number of ether oxygens (including phenoxy) is 1. The highest BCUT2D eigenvalue weighted by atomic mass is 16.5. The van der Waals surface area contributed by atoms with Gasteiger partial charge in [-0.3, -0.25) is 0 Å². The molecule has 1 fully saturated rings. The van der Waals surface area contributed by atoms with Crippen molar-refractivity contribution in [2.45, 2.75) is 25.4 Å². The lowest BCUT2D eigenvalue weighted by Crippen LogP contribution is -2.12. The molecule has 90 valence electrons. The molecule has 16 heavy (non-hydrogen) atoms. The molecule has 1 atom stereocenters. The molecule has 1 heterocycles. The molecule has 1 aliphatic carbocycles. The van der Waals surface area contributed by atoms with Gasteiger partial charge in [-0.15, -0.1) is 0 Å². The van der Waals surface area contributed by atoms with Gasteiger partial charge in [-0.1, -0.05) is 0 Å². The fraction of sp³-hybridized carbons (Fsp3) is 0.667. The summed E-state index contributed by atoms with van der Waals surface area (Å²) in [5.41, 5.74) is 7.34. The highest BCUT2D eigenvalue weighted by molar-refractivity contribution is 5.17. The van der Waals surface area contributed by atoms with Gasteiger partial charge < -0.3 is 20.1 Å². The van der Waals surface area contributed by atoms with E-state index in [-0.39, 0.29) is 12.6 Å². The number of rotatable bonds is 7. The Hall–Kier alpha value is -0.840. The monoisotopic (exact) mass is 224 g/mol. The number of hydrogen-bond donors (Lipinski definition) is 2. The lowest BCUT2D eigenvalue weighted by Gasteiger charge is -2.07. The molecule has 4 heteroatoms. The molecule has 0 radical (unpaired) electrons. The summed E-state index contributed by atoms with van der Waals surface area (Å²) in [6.45, 7) is 1.95. The lowest BCUT2D eigenvalue weighted by molar-refractivity contribution is 0.0870. The zero-order chi connectivity index (χ0) is 11.4. The van der Waals surface area contributed by atoms with Gasteiger partial charge in [-0.2, -0.15) is 0 Å². The van der Waals surface area contributed by atoms with Crippen LogP contribution in [0.5, 0.6) is 0 Å². The van der Waals surface area contributed by atoms with Gasteiger partial charge >= 0.3 is 0 Å². The maximum Gasteiger partial charge on any atom is 0.0698 e. The molecule has 2 rings (SSSR count). The standard InChI is InChI=1S/C12H20N2O2/c13-12(10-1-2-10)11-3-4-14(9-11)5-7-16-8-6-15/h3-4,9-10,12,15H,1-2,5-8,13H2. The molecule has 0 aliphatic heterocycles. The molecule has 0 spiro atoms. The van der Waals surface area contributed by atoms with Gasteiger partial charge in [0.2, 0.25) is 0 Å². The second-order valence-electron chi connectivity index (χ2n) is 4.38. The molecule has 1 unspecified atom stereocenters. The second-order valence-corrected chi connectivity index (χ2v) is 4.38. The molecule has 4 nitrogen and oxygen atoms in total. The summed E-state index contributed by atoms with van der Waals surface area (Å²) in [5, 5.41) is 8.56. The van der Waals surface area contributed by atoms with Crippen molar-refractivity contribution in [3.05, 3.63) is 24.0 Å². The predicted molar refractivity (Wildman–Crippen MR) is 62.0 cm³/mol. The Labute approximate surface area is 96.0 Å². The quantitative estimate of drug-likeness (QED) is 0.677. The summed E-state index contributed by atoms with van der Waals surface area (Å²) in [4.78, 5) is 0. The van der Waals surface area contributed by atoms with E-state index in [0.29, 0.717) is 19.1 Å². The Balaban J connectivity index is 1.77. The van der Waals surface area contributed by atoms with Gasteiger partial charge in [0.15, 0.2) is 0 Å². The summed E-state index contributed by atoms with van der Waals surface area (Å²) < 4.78 is 7.31. The van der Waals surface area contributed by atoms with E-state index in [1.165, 1.54) is 18.4 Å². The number of aliphatic hydroxyl groups is 1. The van der Waals surface area contributed by atoms with Crippen LogP contribution in [0, 0.1) is 5.92 Å². The summed E-state index contributed by atoms with van der Waals surface area (Å²) in [6, 6.07) is 2.30. The Morgan fingerprint density at radius 2 is 2.31 bits per heavy atom. The molecule has 0 amide bonds. The van der Waals surface area contributed by atoms with E-state index in [0.717, 1.165) is 6.54 Å². The zero-order valence-corrected chi connectivity index (χ0v) is 9.51. The minimum absolute atomic E-state index is 0.0868. The van der Waals surface area contributed by atoms with Crippen LogP contribution in [0.4, 0.5) is 0 Å². The first kappa shape index (κ1) is 11.6. The van der Waals surface area contributed by atoms with Gasteiger partial charge in [-0.25, -0.2) is 0 Å². The molecule has 0 aromatic carbocycles. The van der Waals surface area contributed by atoms with Crippen LogP contribution in [0.3, 0.4) is 0 Å². The molecule has 0 saturated heterocycles. The van der Waals surface area contributed by atoms with Crippen LogP contribution in [-0.2, 0) is 11.3 Å². The second kappa shape index (κ2) is 5.48. The largest absolute Gasteiger partial charge is 0.394 e. The smallest absolute Gasteiger partial charge is 0.0698 e. The maximum absolute atomic E-state index is 8.56. The minimum atomic E-state index is 0.0868. The summed E-state index contributed by atoms with van der Waals surface area (Å²) in [6.07, 6.45) is 6.68. The highest BCUT2D eigenvalue weighted by Gasteiger charge is 2.29. The van der Waals surface area contributed by atoms with E-state index in [2.05, 4.69) is 16.8 Å². The van der Waals surface area contributed by atoms with Gasteiger partial charge in [0.25, 0.3) is 0 Å². The van der Waals surface area contributed by atoms with E-state index in [4.69, 9.17) is 15.6 Å². The van der Waals surface area contributed by atoms with E-state index in [9.17, 15) is 0 Å². The third-order valence-electron chi connectivity index (χ3n) is 3.02. The Kier molecular flexibility index (Phi) is 3.98. The summed E-state index contributed by atoms with van der Waals surface area (Å²) in [7, 11) is 0.